The van der Waals surface area contributed by atoms with Gasteiger partial charge in [0.05, 0.1) is 12.1 Å². The van der Waals surface area contributed by atoms with E-state index in [4.69, 9.17) is 9.47 Å². The minimum atomic E-state index is -0.753. The second-order valence-electron chi connectivity index (χ2n) is 9.91. The van der Waals surface area contributed by atoms with E-state index in [1.165, 1.54) is 0 Å². The summed E-state index contributed by atoms with van der Waals surface area (Å²) in [6, 6.07) is 17.2. The highest BCUT2D eigenvalue weighted by molar-refractivity contribution is 5.91. The first kappa shape index (κ1) is 31.9. The van der Waals surface area contributed by atoms with E-state index in [1.807, 2.05) is 88.4 Å². The van der Waals surface area contributed by atoms with Crippen LogP contribution in [0.1, 0.15) is 38.8 Å². The summed E-state index contributed by atoms with van der Waals surface area (Å²) in [5, 5.41) is 11.1. The minimum absolute atomic E-state index is 0.0547. The maximum Gasteiger partial charge on any atom is 0.331 e. The van der Waals surface area contributed by atoms with Crippen molar-refractivity contribution in [3.63, 3.8) is 0 Å². The molecule has 0 bridgehead atoms. The van der Waals surface area contributed by atoms with Crippen molar-refractivity contribution in [2.24, 2.45) is 0 Å². The van der Waals surface area contributed by atoms with E-state index in [0.29, 0.717) is 12.8 Å². The van der Waals surface area contributed by atoms with Crippen LogP contribution < -0.4 is 21.3 Å². The van der Waals surface area contributed by atoms with Crippen molar-refractivity contribution in [1.29, 1.82) is 0 Å². The number of carbonyl (C=O) groups excluding carboxylic acids is 4. The van der Waals surface area contributed by atoms with E-state index < -0.39 is 24.0 Å². The standard InChI is InChI=1S/C30H40N4O6/c1-21(2)31-29(37)33-25(17-23-11-7-5-8-12-23)19-39-27(35)15-16-28(36)40-20-26(34-30(38)32-22(3)4)18-24-13-9-6-10-14-24/h5-16,21-22,25-26H,17-20H2,1-4H3,(H2,31,33,37)(H2,32,34,38)/b16-15+/t25-,26-/m1/s1. The summed E-state index contributed by atoms with van der Waals surface area (Å²) in [5.41, 5.74) is 1.93. The average molecular weight is 553 g/mol. The molecule has 0 saturated carbocycles. The highest BCUT2D eigenvalue weighted by Gasteiger charge is 2.17. The van der Waals surface area contributed by atoms with Crippen molar-refractivity contribution >= 4 is 24.0 Å². The van der Waals surface area contributed by atoms with Gasteiger partial charge in [-0.15, -0.1) is 0 Å². The molecule has 0 spiro atoms. The number of hydrogen-bond acceptors (Lipinski definition) is 6. The molecule has 0 radical (unpaired) electrons. The van der Waals surface area contributed by atoms with Gasteiger partial charge in [0.25, 0.3) is 0 Å². The fourth-order valence-corrected chi connectivity index (χ4v) is 3.68. The normalized spacial score (nSPS) is 12.4. The largest absolute Gasteiger partial charge is 0.460 e. The first-order valence-corrected chi connectivity index (χ1v) is 13.3. The Bertz CT molecular complexity index is 1020. The predicted molar refractivity (Wildman–Crippen MR) is 153 cm³/mol. The number of carbonyl (C=O) groups is 4. The molecule has 2 aromatic rings. The van der Waals surface area contributed by atoms with Crippen LogP contribution in [0.25, 0.3) is 0 Å². The molecule has 2 aromatic carbocycles. The molecule has 216 valence electrons. The molecule has 0 unspecified atom stereocenters. The summed E-state index contributed by atoms with van der Waals surface area (Å²) in [5.74, 6) is -1.51. The molecule has 4 amide bonds. The third-order valence-electron chi connectivity index (χ3n) is 5.37. The lowest BCUT2D eigenvalue weighted by Gasteiger charge is -2.20. The van der Waals surface area contributed by atoms with Crippen molar-refractivity contribution in [2.75, 3.05) is 13.2 Å². The van der Waals surface area contributed by atoms with Gasteiger partial charge in [0.1, 0.15) is 13.2 Å². The van der Waals surface area contributed by atoms with Gasteiger partial charge in [-0.05, 0) is 51.7 Å². The lowest BCUT2D eigenvalue weighted by atomic mass is 10.1. The van der Waals surface area contributed by atoms with E-state index in [1.54, 1.807) is 0 Å². The van der Waals surface area contributed by atoms with Crippen LogP contribution in [0.4, 0.5) is 9.59 Å². The van der Waals surface area contributed by atoms with Crippen LogP contribution in [0.2, 0.25) is 0 Å². The number of hydrogen-bond donors (Lipinski definition) is 4. The highest BCUT2D eigenvalue weighted by Crippen LogP contribution is 2.06. The molecule has 40 heavy (non-hydrogen) atoms. The highest BCUT2D eigenvalue weighted by atomic mass is 16.5. The number of benzene rings is 2. The van der Waals surface area contributed by atoms with Crippen LogP contribution in [0.5, 0.6) is 0 Å². The van der Waals surface area contributed by atoms with E-state index in [9.17, 15) is 19.2 Å². The van der Waals surface area contributed by atoms with Gasteiger partial charge in [-0.25, -0.2) is 19.2 Å². The van der Waals surface area contributed by atoms with Crippen LogP contribution >= 0.6 is 0 Å². The molecule has 2 atom stereocenters. The summed E-state index contributed by atoms with van der Waals surface area (Å²) in [4.78, 5) is 49.0. The molecule has 0 aliphatic carbocycles. The third-order valence-corrected chi connectivity index (χ3v) is 5.37. The molecule has 0 aliphatic heterocycles. The van der Waals surface area contributed by atoms with E-state index in [0.717, 1.165) is 23.3 Å². The zero-order valence-corrected chi connectivity index (χ0v) is 23.5. The van der Waals surface area contributed by atoms with Crippen LogP contribution in [0.15, 0.2) is 72.8 Å². The molecule has 0 aromatic heterocycles. The Kier molecular flexibility index (Phi) is 13.8. The van der Waals surface area contributed by atoms with Gasteiger partial charge in [0.15, 0.2) is 0 Å². The summed E-state index contributed by atoms with van der Waals surface area (Å²) < 4.78 is 10.6. The minimum Gasteiger partial charge on any atom is -0.460 e. The average Bonchev–Trinajstić information content (AvgIpc) is 2.89. The number of rotatable bonds is 14. The summed E-state index contributed by atoms with van der Waals surface area (Å²) in [6.45, 7) is 7.19. The van der Waals surface area contributed by atoms with Gasteiger partial charge in [0.2, 0.25) is 0 Å². The lowest BCUT2D eigenvalue weighted by molar-refractivity contribution is -0.141. The Labute approximate surface area is 235 Å². The third kappa shape index (κ3) is 14.0. The van der Waals surface area contributed by atoms with Gasteiger partial charge in [-0.3, -0.25) is 0 Å². The Balaban J connectivity index is 1.89. The second-order valence-corrected chi connectivity index (χ2v) is 9.91. The van der Waals surface area contributed by atoms with Gasteiger partial charge in [-0.2, -0.15) is 0 Å². The van der Waals surface area contributed by atoms with Crippen LogP contribution in [-0.4, -0.2) is 61.4 Å². The Morgan fingerprint density at radius 2 is 0.950 bits per heavy atom. The lowest BCUT2D eigenvalue weighted by Crippen LogP contribution is -2.47. The number of ether oxygens (including phenoxy) is 2. The molecule has 10 nitrogen and oxygen atoms in total. The maximum atomic E-state index is 12.3. The fraction of sp³-hybridized carbons (Fsp3) is 0.400. The van der Waals surface area contributed by atoms with Crippen LogP contribution in [0.3, 0.4) is 0 Å². The molecular formula is C30H40N4O6. The van der Waals surface area contributed by atoms with Gasteiger partial charge in [0, 0.05) is 24.2 Å². The Morgan fingerprint density at radius 1 is 0.600 bits per heavy atom. The van der Waals surface area contributed by atoms with Crippen LogP contribution in [-0.2, 0) is 31.9 Å². The fourth-order valence-electron chi connectivity index (χ4n) is 3.68. The molecule has 4 N–H and O–H groups in total. The molecule has 10 heteroatoms. The van der Waals surface area contributed by atoms with Crippen molar-refractivity contribution in [3.05, 3.63) is 83.9 Å². The van der Waals surface area contributed by atoms with Crippen molar-refractivity contribution < 1.29 is 28.7 Å². The first-order chi connectivity index (χ1) is 19.1. The first-order valence-electron chi connectivity index (χ1n) is 13.3. The van der Waals surface area contributed by atoms with E-state index in [2.05, 4.69) is 21.3 Å². The SMILES string of the molecule is CC(C)NC(=O)N[C@@H](COC(=O)/C=C/C(=O)OC[C@@H](Cc1ccccc1)NC(=O)NC(C)C)Cc1ccccc1. The smallest absolute Gasteiger partial charge is 0.331 e. The van der Waals surface area contributed by atoms with E-state index >= 15 is 0 Å². The summed E-state index contributed by atoms with van der Waals surface area (Å²) in [6.07, 6.45) is 2.85. The van der Waals surface area contributed by atoms with Crippen LogP contribution in [0, 0.1) is 0 Å². The van der Waals surface area contributed by atoms with Gasteiger partial charge in [-0.1, -0.05) is 60.7 Å². The number of amides is 4. The Morgan fingerprint density at radius 3 is 1.27 bits per heavy atom. The molecular weight excluding hydrogens is 512 g/mol. The zero-order valence-electron chi connectivity index (χ0n) is 23.5. The maximum absolute atomic E-state index is 12.3. The molecule has 2 rings (SSSR count). The molecule has 0 heterocycles. The van der Waals surface area contributed by atoms with Crippen molar-refractivity contribution in [2.45, 2.75) is 64.7 Å². The quantitative estimate of drug-likeness (QED) is 0.210. The second kappa shape index (κ2) is 17.3. The van der Waals surface area contributed by atoms with Crippen molar-refractivity contribution in [1.82, 2.24) is 21.3 Å². The van der Waals surface area contributed by atoms with E-state index in [-0.39, 0.29) is 37.4 Å². The summed E-state index contributed by atoms with van der Waals surface area (Å²) in [7, 11) is 0. The zero-order chi connectivity index (χ0) is 29.3. The summed E-state index contributed by atoms with van der Waals surface area (Å²) >= 11 is 0. The van der Waals surface area contributed by atoms with Crippen molar-refractivity contribution in [3.8, 4) is 0 Å². The monoisotopic (exact) mass is 552 g/mol. The number of nitrogens with one attached hydrogen (secondary N) is 4. The number of urea groups is 2. The number of esters is 2. The Hall–Kier alpha value is -4.34. The molecule has 0 saturated heterocycles. The van der Waals surface area contributed by atoms with Gasteiger partial charge < -0.3 is 30.7 Å². The molecule has 0 fully saturated rings. The topological polar surface area (TPSA) is 135 Å². The van der Waals surface area contributed by atoms with Gasteiger partial charge >= 0.3 is 24.0 Å². The molecule has 0 aliphatic rings. The predicted octanol–water partition coefficient (Wildman–Crippen LogP) is 3.27.